The molecule has 0 saturated carbocycles. The molecule has 0 aliphatic carbocycles. The molecule has 0 radical (unpaired) electrons. The van der Waals surface area contributed by atoms with E-state index in [1.165, 1.54) is 0 Å². The van der Waals surface area contributed by atoms with E-state index in [1.807, 2.05) is 44.3 Å². The summed E-state index contributed by atoms with van der Waals surface area (Å²) >= 11 is 0. The maximum Gasteiger partial charge on any atom is 0.254 e. The van der Waals surface area contributed by atoms with E-state index in [0.29, 0.717) is 6.54 Å². The minimum atomic E-state index is 0.0272. The molecule has 0 spiro atoms. The normalized spacial score (nSPS) is 10.2. The van der Waals surface area contributed by atoms with Gasteiger partial charge in [0.25, 0.3) is 5.91 Å². The van der Waals surface area contributed by atoms with Crippen LogP contribution in [0, 0.1) is 6.92 Å². The second-order valence-corrected chi connectivity index (χ2v) is 5.08. The summed E-state index contributed by atoms with van der Waals surface area (Å²) in [4.78, 5) is 18.3. The number of rotatable bonds is 5. The number of hydrogen-bond acceptors (Lipinski definition) is 3. The van der Waals surface area contributed by atoms with Crippen LogP contribution in [-0.4, -0.2) is 29.4 Å². The van der Waals surface area contributed by atoms with Gasteiger partial charge in [-0.25, -0.2) is 0 Å². The van der Waals surface area contributed by atoms with E-state index in [-0.39, 0.29) is 5.91 Å². The van der Waals surface area contributed by atoms with Gasteiger partial charge < -0.3 is 10.2 Å². The molecule has 0 atom stereocenters. The summed E-state index contributed by atoms with van der Waals surface area (Å²) in [5.74, 6) is 0.0272. The van der Waals surface area contributed by atoms with Crippen LogP contribution in [0.5, 0.6) is 0 Å². The lowest BCUT2D eigenvalue weighted by molar-refractivity contribution is 0.0784. The molecule has 21 heavy (non-hydrogen) atoms. The number of carbonyl (C=O) groups excluding carboxylic acids is 1. The predicted octanol–water partition coefficient (Wildman–Crippen LogP) is 3.09. The molecule has 0 unspecified atom stereocenters. The third-order valence-electron chi connectivity index (χ3n) is 3.33. The Balaban J connectivity index is 2.12. The van der Waals surface area contributed by atoms with E-state index in [2.05, 4.69) is 17.2 Å². The van der Waals surface area contributed by atoms with Gasteiger partial charge in [0.15, 0.2) is 0 Å². The van der Waals surface area contributed by atoms with Gasteiger partial charge in [0.1, 0.15) is 0 Å². The number of benzene rings is 1. The Bertz CT molecular complexity index is 611. The first-order chi connectivity index (χ1) is 10.1. The van der Waals surface area contributed by atoms with Crippen molar-refractivity contribution in [2.45, 2.75) is 20.4 Å². The van der Waals surface area contributed by atoms with Gasteiger partial charge in [-0.05, 0) is 49.2 Å². The smallest absolute Gasteiger partial charge is 0.254 e. The first-order valence-electron chi connectivity index (χ1n) is 7.10. The van der Waals surface area contributed by atoms with Crippen LogP contribution in [0.3, 0.4) is 0 Å². The zero-order valence-electron chi connectivity index (χ0n) is 12.8. The molecule has 0 saturated heterocycles. The van der Waals surface area contributed by atoms with Crippen LogP contribution in [0.1, 0.15) is 28.4 Å². The molecule has 4 heteroatoms. The monoisotopic (exact) mass is 283 g/mol. The van der Waals surface area contributed by atoms with Gasteiger partial charge in [-0.1, -0.05) is 6.07 Å². The largest absolute Gasteiger partial charge is 0.385 e. The number of nitrogens with one attached hydrogen (secondary N) is 1. The number of anilines is 1. The fourth-order valence-electron chi connectivity index (χ4n) is 2.26. The van der Waals surface area contributed by atoms with Gasteiger partial charge in [0, 0.05) is 43.8 Å². The zero-order chi connectivity index (χ0) is 15.2. The first-order valence-corrected chi connectivity index (χ1v) is 7.10. The molecule has 1 N–H and O–H groups in total. The standard InChI is InChI=1S/C17H21N3O/c1-4-19-15-7-8-16(13(2)10-15)17(21)20(3)12-14-6-5-9-18-11-14/h5-11,19H,4,12H2,1-3H3. The minimum absolute atomic E-state index is 0.0272. The molecule has 2 rings (SSSR count). The zero-order valence-corrected chi connectivity index (χ0v) is 12.8. The van der Waals surface area contributed by atoms with Crippen LogP contribution >= 0.6 is 0 Å². The molecule has 1 aromatic heterocycles. The summed E-state index contributed by atoms with van der Waals surface area (Å²) in [5.41, 5.74) is 3.79. The number of nitrogens with zero attached hydrogens (tertiary/aromatic N) is 2. The lowest BCUT2D eigenvalue weighted by atomic mass is 10.1. The molecule has 1 heterocycles. The Hall–Kier alpha value is -2.36. The Labute approximate surface area is 125 Å². The highest BCUT2D eigenvalue weighted by atomic mass is 16.2. The number of amides is 1. The first kappa shape index (κ1) is 15.0. The van der Waals surface area contributed by atoms with Crippen molar-refractivity contribution in [1.82, 2.24) is 9.88 Å². The van der Waals surface area contributed by atoms with Crippen LogP contribution in [0.25, 0.3) is 0 Å². The summed E-state index contributed by atoms with van der Waals surface area (Å²) < 4.78 is 0. The van der Waals surface area contributed by atoms with Gasteiger partial charge in [0.05, 0.1) is 0 Å². The summed E-state index contributed by atoms with van der Waals surface area (Å²) in [6.07, 6.45) is 3.51. The average molecular weight is 283 g/mol. The summed E-state index contributed by atoms with van der Waals surface area (Å²) in [7, 11) is 1.81. The molecule has 0 aliphatic rings. The Kier molecular flexibility index (Phi) is 4.93. The third kappa shape index (κ3) is 3.81. The Morgan fingerprint density at radius 1 is 1.33 bits per heavy atom. The molecule has 1 aromatic carbocycles. The number of aromatic nitrogens is 1. The molecule has 110 valence electrons. The molecule has 0 fully saturated rings. The van der Waals surface area contributed by atoms with Crippen molar-refractivity contribution in [3.63, 3.8) is 0 Å². The third-order valence-corrected chi connectivity index (χ3v) is 3.33. The van der Waals surface area contributed by atoms with E-state index in [4.69, 9.17) is 0 Å². The SMILES string of the molecule is CCNc1ccc(C(=O)N(C)Cc2cccnc2)c(C)c1. The summed E-state index contributed by atoms with van der Waals surface area (Å²) in [5, 5.41) is 3.25. The molecule has 2 aromatic rings. The lowest BCUT2D eigenvalue weighted by Gasteiger charge is -2.19. The van der Waals surface area contributed by atoms with E-state index in [1.54, 1.807) is 17.3 Å². The quantitative estimate of drug-likeness (QED) is 0.917. The van der Waals surface area contributed by atoms with Gasteiger partial charge in [-0.2, -0.15) is 0 Å². The van der Waals surface area contributed by atoms with Crippen molar-refractivity contribution < 1.29 is 4.79 Å². The average Bonchev–Trinajstić information content (AvgIpc) is 2.48. The van der Waals surface area contributed by atoms with Crippen LogP contribution in [0.4, 0.5) is 5.69 Å². The molecule has 0 aliphatic heterocycles. The fourth-order valence-corrected chi connectivity index (χ4v) is 2.26. The highest BCUT2D eigenvalue weighted by Gasteiger charge is 2.14. The Morgan fingerprint density at radius 2 is 2.14 bits per heavy atom. The van der Waals surface area contributed by atoms with Crippen molar-refractivity contribution in [2.75, 3.05) is 18.9 Å². The van der Waals surface area contributed by atoms with E-state index < -0.39 is 0 Å². The van der Waals surface area contributed by atoms with Crippen LogP contribution in [0.15, 0.2) is 42.7 Å². The maximum atomic E-state index is 12.5. The lowest BCUT2D eigenvalue weighted by Crippen LogP contribution is -2.26. The molecule has 0 bridgehead atoms. The van der Waals surface area contributed by atoms with Gasteiger partial charge in [-0.15, -0.1) is 0 Å². The summed E-state index contributed by atoms with van der Waals surface area (Å²) in [6, 6.07) is 9.69. The number of hydrogen-bond donors (Lipinski definition) is 1. The number of carbonyl (C=O) groups is 1. The van der Waals surface area contributed by atoms with Crippen LogP contribution in [-0.2, 0) is 6.54 Å². The minimum Gasteiger partial charge on any atom is -0.385 e. The topological polar surface area (TPSA) is 45.2 Å². The van der Waals surface area contributed by atoms with Crippen molar-refractivity contribution in [2.24, 2.45) is 0 Å². The van der Waals surface area contributed by atoms with Crippen molar-refractivity contribution >= 4 is 11.6 Å². The predicted molar refractivity (Wildman–Crippen MR) is 85.4 cm³/mol. The molecule has 1 amide bonds. The van der Waals surface area contributed by atoms with Gasteiger partial charge in [0.2, 0.25) is 0 Å². The second kappa shape index (κ2) is 6.88. The molecular formula is C17H21N3O. The highest BCUT2D eigenvalue weighted by molar-refractivity contribution is 5.95. The van der Waals surface area contributed by atoms with Gasteiger partial charge >= 0.3 is 0 Å². The fraction of sp³-hybridized carbons (Fsp3) is 0.294. The van der Waals surface area contributed by atoms with E-state index in [0.717, 1.165) is 28.9 Å². The molecule has 4 nitrogen and oxygen atoms in total. The Morgan fingerprint density at radius 3 is 2.76 bits per heavy atom. The van der Waals surface area contributed by atoms with Gasteiger partial charge in [-0.3, -0.25) is 9.78 Å². The van der Waals surface area contributed by atoms with Crippen molar-refractivity contribution in [3.05, 3.63) is 59.4 Å². The number of aryl methyl sites for hydroxylation is 1. The van der Waals surface area contributed by atoms with Crippen LogP contribution in [0.2, 0.25) is 0 Å². The highest BCUT2D eigenvalue weighted by Crippen LogP contribution is 2.17. The summed E-state index contributed by atoms with van der Waals surface area (Å²) in [6.45, 7) is 5.44. The number of pyridine rings is 1. The van der Waals surface area contributed by atoms with Crippen molar-refractivity contribution in [3.8, 4) is 0 Å². The maximum absolute atomic E-state index is 12.5. The molecular weight excluding hydrogens is 262 g/mol. The van der Waals surface area contributed by atoms with E-state index in [9.17, 15) is 4.79 Å². The van der Waals surface area contributed by atoms with Crippen molar-refractivity contribution in [1.29, 1.82) is 0 Å². The second-order valence-electron chi connectivity index (χ2n) is 5.08. The van der Waals surface area contributed by atoms with E-state index >= 15 is 0 Å². The van der Waals surface area contributed by atoms with Crippen LogP contribution < -0.4 is 5.32 Å².